The van der Waals surface area contributed by atoms with Crippen molar-refractivity contribution in [2.24, 2.45) is 4.99 Å². The fourth-order valence-electron chi connectivity index (χ4n) is 4.58. The van der Waals surface area contributed by atoms with Crippen LogP contribution in [0.15, 0.2) is 71.7 Å². The number of alkyl halides is 3. The predicted octanol–water partition coefficient (Wildman–Crippen LogP) is 6.32. The quantitative estimate of drug-likeness (QED) is 0.321. The van der Waals surface area contributed by atoms with E-state index in [0.29, 0.717) is 23.7 Å². The zero-order chi connectivity index (χ0) is 29.6. The van der Waals surface area contributed by atoms with Crippen molar-refractivity contribution in [1.82, 2.24) is 5.32 Å². The lowest BCUT2D eigenvalue weighted by Gasteiger charge is -2.21. The molecule has 0 atom stereocenters. The molecule has 0 saturated carbocycles. The predicted molar refractivity (Wildman–Crippen MR) is 155 cm³/mol. The number of thioether (sulfide) groups is 1. The molecule has 4 rings (SSSR count). The van der Waals surface area contributed by atoms with E-state index in [1.54, 1.807) is 0 Å². The van der Waals surface area contributed by atoms with E-state index in [0.717, 1.165) is 46.5 Å². The third-order valence-corrected chi connectivity index (χ3v) is 7.61. The number of carbonyl (C=O) groups is 3. The minimum Gasteiger partial charge on any atom is -0.336 e. The highest BCUT2D eigenvalue weighted by molar-refractivity contribution is 8.15. The van der Waals surface area contributed by atoms with Crippen molar-refractivity contribution in [1.29, 1.82) is 0 Å². The molecule has 3 aromatic carbocycles. The van der Waals surface area contributed by atoms with Gasteiger partial charge in [0.1, 0.15) is 5.78 Å². The number of ketones is 1. The molecule has 1 heterocycles. The Kier molecular flexibility index (Phi) is 9.65. The summed E-state index contributed by atoms with van der Waals surface area (Å²) in [6.07, 6.45) is -2.89. The molecule has 0 aromatic heterocycles. The van der Waals surface area contributed by atoms with Crippen molar-refractivity contribution in [3.8, 4) is 0 Å². The Morgan fingerprint density at radius 3 is 2.17 bits per heavy atom. The highest BCUT2D eigenvalue weighted by Gasteiger charge is 2.33. The van der Waals surface area contributed by atoms with E-state index in [-0.39, 0.29) is 30.3 Å². The van der Waals surface area contributed by atoms with E-state index in [1.807, 2.05) is 56.3 Å². The number of hydrogen-bond donors (Lipinski definition) is 1. The van der Waals surface area contributed by atoms with Crippen molar-refractivity contribution in [3.05, 3.63) is 100 Å². The fourth-order valence-corrected chi connectivity index (χ4v) is 5.43. The van der Waals surface area contributed by atoms with Crippen LogP contribution in [0.25, 0.3) is 0 Å². The molecule has 1 aliphatic heterocycles. The summed E-state index contributed by atoms with van der Waals surface area (Å²) >= 11 is 1.24. The zero-order valence-electron chi connectivity index (χ0n) is 22.8. The van der Waals surface area contributed by atoms with E-state index < -0.39 is 17.8 Å². The molecular weight excluding hydrogens is 551 g/mol. The number of Topliss-reactive ketones (excluding diaryl/α,β-unsaturated/α-hetero) is 1. The molecule has 41 heavy (non-hydrogen) atoms. The number of halogens is 3. The number of hydrogen-bond acceptors (Lipinski definition) is 4. The van der Waals surface area contributed by atoms with Gasteiger partial charge in [-0.15, -0.1) is 0 Å². The average Bonchev–Trinajstić information content (AvgIpc) is 3.28. The van der Waals surface area contributed by atoms with Gasteiger partial charge >= 0.3 is 12.2 Å². The van der Waals surface area contributed by atoms with Gasteiger partial charge in [0, 0.05) is 19.4 Å². The molecule has 0 aliphatic carbocycles. The summed E-state index contributed by atoms with van der Waals surface area (Å²) in [6.45, 7) is 4.29. The summed E-state index contributed by atoms with van der Waals surface area (Å²) in [6, 6.07) is 17.3. The largest absolute Gasteiger partial charge is 0.416 e. The number of carbonyl (C=O) groups excluding carboxylic acids is 3. The number of benzene rings is 3. The van der Waals surface area contributed by atoms with Crippen molar-refractivity contribution in [2.45, 2.75) is 45.7 Å². The zero-order valence-corrected chi connectivity index (χ0v) is 23.6. The van der Waals surface area contributed by atoms with Gasteiger partial charge in [0.2, 0.25) is 5.91 Å². The number of amides is 3. The Hall–Kier alpha value is -3.92. The number of aryl methyl sites for hydroxylation is 2. The number of rotatable bonds is 9. The van der Waals surface area contributed by atoms with Gasteiger partial charge in [-0.05, 0) is 59.7 Å². The third kappa shape index (κ3) is 7.85. The number of anilines is 1. The highest BCUT2D eigenvalue weighted by Crippen LogP contribution is 2.33. The molecule has 6 nitrogen and oxygen atoms in total. The molecule has 214 valence electrons. The topological polar surface area (TPSA) is 78.8 Å². The van der Waals surface area contributed by atoms with Crippen LogP contribution in [0.4, 0.5) is 23.7 Å². The van der Waals surface area contributed by atoms with Crippen LogP contribution in [-0.2, 0) is 41.4 Å². The van der Waals surface area contributed by atoms with Crippen molar-refractivity contribution < 1.29 is 27.6 Å². The number of para-hydroxylation sites is 1. The molecule has 1 fully saturated rings. The van der Waals surface area contributed by atoms with Crippen molar-refractivity contribution >= 4 is 40.3 Å². The molecule has 0 bridgehead atoms. The van der Waals surface area contributed by atoms with E-state index in [4.69, 9.17) is 0 Å². The van der Waals surface area contributed by atoms with Crippen LogP contribution >= 0.6 is 11.8 Å². The highest BCUT2D eigenvalue weighted by atomic mass is 32.2. The van der Waals surface area contributed by atoms with Crippen LogP contribution in [0.3, 0.4) is 0 Å². The summed E-state index contributed by atoms with van der Waals surface area (Å²) in [5.74, 6) is 0.0180. The van der Waals surface area contributed by atoms with Gasteiger partial charge in [-0.2, -0.15) is 18.2 Å². The number of nitrogens with zero attached hydrogens (tertiary/aromatic N) is 2. The first-order chi connectivity index (χ1) is 19.5. The molecule has 0 spiro atoms. The van der Waals surface area contributed by atoms with E-state index >= 15 is 0 Å². The van der Waals surface area contributed by atoms with Crippen LogP contribution in [0.5, 0.6) is 0 Å². The lowest BCUT2D eigenvalue weighted by atomic mass is 10.0. The normalized spacial score (nSPS) is 14.5. The summed E-state index contributed by atoms with van der Waals surface area (Å²) in [7, 11) is 0. The Balaban J connectivity index is 1.28. The maximum atomic E-state index is 12.7. The van der Waals surface area contributed by atoms with Gasteiger partial charge in [0.15, 0.2) is 5.17 Å². The van der Waals surface area contributed by atoms with Gasteiger partial charge in [0.05, 0.1) is 17.0 Å². The maximum Gasteiger partial charge on any atom is 0.416 e. The number of amidine groups is 1. The molecule has 1 aliphatic rings. The second kappa shape index (κ2) is 13.2. The third-order valence-electron chi connectivity index (χ3n) is 6.69. The van der Waals surface area contributed by atoms with Gasteiger partial charge in [-0.3, -0.25) is 14.5 Å². The van der Waals surface area contributed by atoms with E-state index in [2.05, 4.69) is 10.3 Å². The number of nitrogens with one attached hydrogen (secondary N) is 1. The Morgan fingerprint density at radius 1 is 0.951 bits per heavy atom. The molecular formula is C31H30F3N3O3S. The Bertz CT molecular complexity index is 1450. The van der Waals surface area contributed by atoms with Gasteiger partial charge in [-0.1, -0.05) is 73.3 Å². The first kappa shape index (κ1) is 30.0. The number of urea groups is 1. The standard InChI is InChI=1S/C31H30F3N3O3S/c1-3-24-6-4-5-20(2)28(24)37-27(39)19-41-30(37)36-29(40)35-16-15-21-7-9-22(10-8-21)17-26(38)18-23-11-13-25(14-12-23)31(32,33)34/h4-14H,3,15-19H2,1-2H3,(H,35,40). The summed E-state index contributed by atoms with van der Waals surface area (Å²) in [4.78, 5) is 43.3. The van der Waals surface area contributed by atoms with E-state index in [1.165, 1.54) is 28.8 Å². The van der Waals surface area contributed by atoms with Crippen molar-refractivity contribution in [2.75, 3.05) is 17.2 Å². The van der Waals surface area contributed by atoms with Gasteiger partial charge in [0.25, 0.3) is 0 Å². The lowest BCUT2D eigenvalue weighted by molar-refractivity contribution is -0.137. The molecule has 1 saturated heterocycles. The smallest absolute Gasteiger partial charge is 0.336 e. The summed E-state index contributed by atoms with van der Waals surface area (Å²) in [5, 5.41) is 3.14. The van der Waals surface area contributed by atoms with Gasteiger partial charge < -0.3 is 5.32 Å². The first-order valence-electron chi connectivity index (χ1n) is 13.2. The summed E-state index contributed by atoms with van der Waals surface area (Å²) < 4.78 is 38.1. The average molecular weight is 582 g/mol. The molecule has 3 aromatic rings. The molecule has 10 heteroatoms. The molecule has 1 N–H and O–H groups in total. The van der Waals surface area contributed by atoms with Crippen LogP contribution in [0.2, 0.25) is 0 Å². The SMILES string of the molecule is CCc1cccc(C)c1N1C(=O)CSC1=NC(=O)NCCc1ccc(CC(=O)Cc2ccc(C(F)(F)F)cc2)cc1. The lowest BCUT2D eigenvalue weighted by Crippen LogP contribution is -2.33. The first-order valence-corrected chi connectivity index (χ1v) is 14.2. The van der Waals surface area contributed by atoms with Crippen LogP contribution in [-0.4, -0.2) is 35.2 Å². The number of aliphatic imine (C=N–C) groups is 1. The van der Waals surface area contributed by atoms with Crippen LogP contribution < -0.4 is 10.2 Å². The monoisotopic (exact) mass is 581 g/mol. The minimum absolute atomic E-state index is 0.0549. The molecule has 0 radical (unpaired) electrons. The fraction of sp³-hybridized carbons (Fsp3) is 0.290. The van der Waals surface area contributed by atoms with Gasteiger partial charge in [-0.25, -0.2) is 4.79 Å². The second-order valence-corrected chi connectivity index (χ2v) is 10.7. The Morgan fingerprint density at radius 2 is 1.56 bits per heavy atom. The van der Waals surface area contributed by atoms with E-state index in [9.17, 15) is 27.6 Å². The minimum atomic E-state index is -4.40. The molecule has 3 amide bonds. The van der Waals surface area contributed by atoms with Crippen molar-refractivity contribution in [3.63, 3.8) is 0 Å². The second-order valence-electron chi connectivity index (χ2n) is 9.73. The van der Waals surface area contributed by atoms with Crippen LogP contribution in [0, 0.1) is 6.92 Å². The molecule has 0 unspecified atom stereocenters. The maximum absolute atomic E-state index is 12.7. The Labute approximate surface area is 241 Å². The van der Waals surface area contributed by atoms with Crippen LogP contribution in [0.1, 0.15) is 40.3 Å². The summed E-state index contributed by atoms with van der Waals surface area (Å²) in [5.41, 5.74) is 4.29.